The number of amides is 1. The molecule has 0 atom stereocenters. The third-order valence-electron chi connectivity index (χ3n) is 3.62. The van der Waals surface area contributed by atoms with Gasteiger partial charge in [0.15, 0.2) is 5.54 Å². The van der Waals surface area contributed by atoms with Crippen LogP contribution in [0.5, 0.6) is 0 Å². The molecule has 0 heterocycles. The molecule has 25 heavy (non-hydrogen) atoms. The minimum atomic E-state index is -2.07. The number of azo groups is 1. The fourth-order valence-corrected chi connectivity index (χ4v) is 2.41. The van der Waals surface area contributed by atoms with Crippen LogP contribution in [0.25, 0.3) is 0 Å². The van der Waals surface area contributed by atoms with E-state index >= 15 is 0 Å². The number of aliphatic carboxylic acids is 2. The molecule has 0 aliphatic heterocycles. The Morgan fingerprint density at radius 2 is 1.72 bits per heavy atom. The molecule has 0 aromatic heterocycles. The van der Waals surface area contributed by atoms with Gasteiger partial charge in [0.2, 0.25) is 6.04 Å². The fourth-order valence-electron chi connectivity index (χ4n) is 1.96. The van der Waals surface area contributed by atoms with E-state index in [4.69, 9.17) is 33.4 Å². The average Bonchev–Trinajstić information content (AvgIpc) is 2.54. The molecule has 0 bridgehead atoms. The van der Waals surface area contributed by atoms with E-state index in [1.165, 1.54) is 12.1 Å². The lowest BCUT2D eigenvalue weighted by atomic mass is 9.92. The summed E-state index contributed by atoms with van der Waals surface area (Å²) in [7, 11) is 0. The quantitative estimate of drug-likeness (QED) is 0.463. The summed E-state index contributed by atoms with van der Waals surface area (Å²) in [4.78, 5) is 34.4. The number of halogens is 2. The highest BCUT2D eigenvalue weighted by molar-refractivity contribution is 6.36. The Kier molecular flexibility index (Phi) is 7.32. The van der Waals surface area contributed by atoms with E-state index in [1.54, 1.807) is 19.9 Å². The van der Waals surface area contributed by atoms with Gasteiger partial charge in [-0.2, -0.15) is 10.2 Å². The highest BCUT2D eigenvalue weighted by Gasteiger charge is 2.39. The number of rotatable bonds is 8. The second-order valence-corrected chi connectivity index (χ2v) is 5.96. The van der Waals surface area contributed by atoms with Crippen LogP contribution in [0.4, 0.5) is 5.69 Å². The van der Waals surface area contributed by atoms with Crippen LogP contribution in [-0.4, -0.2) is 39.6 Å². The molecule has 3 N–H and O–H groups in total. The molecule has 0 spiro atoms. The van der Waals surface area contributed by atoms with Crippen molar-refractivity contribution < 1.29 is 24.6 Å². The topological polar surface area (TPSA) is 128 Å². The number of carboxylic acid groups (broad SMARTS) is 2. The van der Waals surface area contributed by atoms with Crippen molar-refractivity contribution in [2.75, 3.05) is 0 Å². The van der Waals surface area contributed by atoms with Gasteiger partial charge in [-0.05, 0) is 31.0 Å². The van der Waals surface area contributed by atoms with Gasteiger partial charge in [-0.3, -0.25) is 4.79 Å². The Labute approximate surface area is 153 Å². The van der Waals surface area contributed by atoms with Gasteiger partial charge in [-0.1, -0.05) is 37.0 Å². The lowest BCUT2D eigenvalue weighted by Gasteiger charge is -2.25. The monoisotopic (exact) mass is 389 g/mol. The first-order chi connectivity index (χ1) is 11.7. The van der Waals surface area contributed by atoms with E-state index in [2.05, 4.69) is 10.2 Å². The summed E-state index contributed by atoms with van der Waals surface area (Å²) < 4.78 is 0. The Morgan fingerprint density at radius 3 is 2.16 bits per heavy atom. The number of carboxylic acids is 2. The highest BCUT2D eigenvalue weighted by atomic mass is 35.5. The Hall–Kier alpha value is -2.19. The molecule has 10 heteroatoms. The summed E-state index contributed by atoms with van der Waals surface area (Å²) in [6.07, 6.45) is 0.353. The van der Waals surface area contributed by atoms with Crippen LogP contribution in [0.15, 0.2) is 28.4 Å². The number of benzene rings is 1. The number of carbonyl (C=O) groups excluding carboxylic acids is 1. The molecular formula is C15H17Cl2N3O5. The minimum Gasteiger partial charge on any atom is -0.479 e. The average molecular weight is 390 g/mol. The Bertz CT molecular complexity index is 690. The van der Waals surface area contributed by atoms with E-state index < -0.39 is 29.4 Å². The summed E-state index contributed by atoms with van der Waals surface area (Å²) in [6.45, 7) is 3.31. The Balaban J connectivity index is 3.13. The first kappa shape index (κ1) is 20.9. The van der Waals surface area contributed by atoms with Gasteiger partial charge in [0, 0.05) is 5.02 Å². The fraction of sp³-hybridized carbons (Fsp3) is 0.400. The summed E-state index contributed by atoms with van der Waals surface area (Å²) >= 11 is 11.8. The van der Waals surface area contributed by atoms with Crippen LogP contribution in [-0.2, 0) is 14.4 Å². The maximum atomic E-state index is 12.5. The molecule has 0 saturated heterocycles. The number of carbonyl (C=O) groups is 3. The third-order valence-corrected chi connectivity index (χ3v) is 4.16. The number of hydrogen-bond acceptors (Lipinski definition) is 5. The largest absolute Gasteiger partial charge is 0.479 e. The molecule has 0 saturated carbocycles. The zero-order valence-corrected chi connectivity index (χ0v) is 15.0. The first-order valence-electron chi connectivity index (χ1n) is 7.31. The van der Waals surface area contributed by atoms with Crippen LogP contribution in [0.2, 0.25) is 10.0 Å². The van der Waals surface area contributed by atoms with Gasteiger partial charge in [0.25, 0.3) is 5.91 Å². The summed E-state index contributed by atoms with van der Waals surface area (Å²) in [5.41, 5.74) is -1.15. The molecule has 0 aliphatic carbocycles. The zero-order chi connectivity index (χ0) is 19.2. The molecule has 1 amide bonds. The zero-order valence-electron chi connectivity index (χ0n) is 13.5. The van der Waals surface area contributed by atoms with Gasteiger partial charge in [-0.25, -0.2) is 9.59 Å². The van der Waals surface area contributed by atoms with Gasteiger partial charge in [0.05, 0.1) is 5.02 Å². The standard InChI is InChI=1S/C15H17Cl2N3O5/c1-3-15(4-2,14(25)18-11(12(21)22)13(23)24)20-19-10-6-5-8(16)7-9(10)17/h5-7,11H,3-4H2,1-2H3,(H,18,25)(H,21,22)(H,23,24). The summed E-state index contributed by atoms with van der Waals surface area (Å²) in [5, 5.41) is 28.4. The van der Waals surface area contributed by atoms with Crippen molar-refractivity contribution in [3.8, 4) is 0 Å². The number of hydrogen-bond donors (Lipinski definition) is 3. The van der Waals surface area contributed by atoms with Crippen molar-refractivity contribution in [3.05, 3.63) is 28.2 Å². The molecule has 0 aliphatic rings. The van der Waals surface area contributed by atoms with Crippen LogP contribution in [0, 0.1) is 0 Å². The molecule has 0 unspecified atom stereocenters. The molecular weight excluding hydrogens is 373 g/mol. The predicted molar refractivity (Wildman–Crippen MR) is 91.5 cm³/mol. The van der Waals surface area contributed by atoms with Gasteiger partial charge < -0.3 is 15.5 Å². The van der Waals surface area contributed by atoms with Crippen molar-refractivity contribution >= 4 is 46.7 Å². The van der Waals surface area contributed by atoms with Crippen molar-refractivity contribution in [2.45, 2.75) is 38.3 Å². The van der Waals surface area contributed by atoms with E-state index in [9.17, 15) is 14.4 Å². The smallest absolute Gasteiger partial charge is 0.338 e. The maximum Gasteiger partial charge on any atom is 0.338 e. The van der Waals surface area contributed by atoms with Gasteiger partial charge in [-0.15, -0.1) is 0 Å². The molecule has 8 nitrogen and oxygen atoms in total. The third kappa shape index (κ3) is 5.14. The molecule has 1 aromatic rings. The maximum absolute atomic E-state index is 12.5. The minimum absolute atomic E-state index is 0.177. The Morgan fingerprint density at radius 1 is 1.16 bits per heavy atom. The second-order valence-electron chi connectivity index (χ2n) is 5.12. The van der Waals surface area contributed by atoms with E-state index in [0.717, 1.165) is 0 Å². The van der Waals surface area contributed by atoms with Gasteiger partial charge in [0.1, 0.15) is 5.69 Å². The predicted octanol–water partition coefficient (Wildman–Crippen LogP) is 3.29. The molecule has 1 rings (SSSR count). The number of nitrogens with one attached hydrogen (secondary N) is 1. The summed E-state index contributed by atoms with van der Waals surface area (Å²) in [6, 6.07) is 2.45. The van der Waals surface area contributed by atoms with E-state index in [1.807, 2.05) is 5.32 Å². The number of nitrogens with zero attached hydrogens (tertiary/aromatic N) is 2. The van der Waals surface area contributed by atoms with Crippen LogP contribution in [0.3, 0.4) is 0 Å². The van der Waals surface area contributed by atoms with Gasteiger partial charge >= 0.3 is 11.9 Å². The normalized spacial score (nSPS) is 11.7. The van der Waals surface area contributed by atoms with Crippen molar-refractivity contribution in [2.24, 2.45) is 10.2 Å². The summed E-state index contributed by atoms with van der Waals surface area (Å²) in [5.74, 6) is -4.21. The molecule has 0 fully saturated rings. The first-order valence-corrected chi connectivity index (χ1v) is 8.07. The highest BCUT2D eigenvalue weighted by Crippen LogP contribution is 2.31. The second kappa shape index (κ2) is 8.77. The molecule has 136 valence electrons. The van der Waals surface area contributed by atoms with Crippen molar-refractivity contribution in [1.29, 1.82) is 0 Å². The van der Waals surface area contributed by atoms with Crippen molar-refractivity contribution in [1.82, 2.24) is 5.32 Å². The lowest BCUT2D eigenvalue weighted by molar-refractivity contribution is -0.153. The van der Waals surface area contributed by atoms with E-state index in [0.29, 0.717) is 5.02 Å². The van der Waals surface area contributed by atoms with Crippen LogP contribution >= 0.6 is 23.2 Å². The molecule has 1 aromatic carbocycles. The van der Waals surface area contributed by atoms with Crippen LogP contribution < -0.4 is 5.32 Å². The van der Waals surface area contributed by atoms with Crippen LogP contribution in [0.1, 0.15) is 26.7 Å². The van der Waals surface area contributed by atoms with E-state index in [-0.39, 0.29) is 23.6 Å². The molecule has 0 radical (unpaired) electrons. The van der Waals surface area contributed by atoms with Crippen molar-refractivity contribution in [3.63, 3.8) is 0 Å². The SMILES string of the molecule is CCC(CC)(N=Nc1ccc(Cl)cc1Cl)C(=O)NC(C(=O)O)C(=O)O. The lowest BCUT2D eigenvalue weighted by Crippen LogP contribution is -2.53.